The Labute approximate surface area is 75.0 Å². The molecule has 0 N–H and O–H groups in total. The van der Waals surface area contributed by atoms with Gasteiger partial charge in [0.1, 0.15) is 0 Å². The van der Waals surface area contributed by atoms with E-state index in [0.29, 0.717) is 22.5 Å². The van der Waals surface area contributed by atoms with E-state index >= 15 is 0 Å². The van der Waals surface area contributed by atoms with E-state index in [1.807, 2.05) is 6.20 Å². The van der Waals surface area contributed by atoms with E-state index in [4.69, 9.17) is 0 Å². The van der Waals surface area contributed by atoms with Crippen LogP contribution in [0.1, 0.15) is 16.7 Å². The minimum absolute atomic E-state index is 0.559. The van der Waals surface area contributed by atoms with Gasteiger partial charge in [-0.15, -0.1) is 0 Å². The molecule has 2 heteroatoms. The standard InChI is InChI=1S/C8H10N.Sn.3H/c1-6-4-9-5-7(2)8(6)3;;;;/h4H,1-3H3;;;;. The van der Waals surface area contributed by atoms with Gasteiger partial charge in [0.25, 0.3) is 0 Å². The van der Waals surface area contributed by atoms with Crippen molar-refractivity contribution in [3.63, 3.8) is 0 Å². The number of aryl methyl sites for hydroxylation is 1. The van der Waals surface area contributed by atoms with Gasteiger partial charge >= 0.3 is 74.9 Å². The van der Waals surface area contributed by atoms with Crippen molar-refractivity contribution in [3.05, 3.63) is 22.9 Å². The van der Waals surface area contributed by atoms with Crippen LogP contribution in [0.4, 0.5) is 0 Å². The Morgan fingerprint density at radius 2 is 1.80 bits per heavy atom. The molecule has 0 spiro atoms. The quantitative estimate of drug-likeness (QED) is 0.583. The Kier molecular flexibility index (Phi) is 2.34. The molecule has 1 heterocycles. The van der Waals surface area contributed by atoms with Crippen LogP contribution in [-0.4, -0.2) is 27.5 Å². The molecule has 0 unspecified atom stereocenters. The van der Waals surface area contributed by atoms with E-state index < -0.39 is 0 Å². The molecule has 1 rings (SSSR count). The van der Waals surface area contributed by atoms with E-state index in [0.717, 1.165) is 0 Å². The van der Waals surface area contributed by atoms with Gasteiger partial charge in [-0.25, -0.2) is 0 Å². The van der Waals surface area contributed by atoms with Crippen molar-refractivity contribution in [1.29, 1.82) is 0 Å². The number of hydrogen-bond donors (Lipinski definition) is 0. The van der Waals surface area contributed by atoms with Gasteiger partial charge in [0.2, 0.25) is 0 Å². The van der Waals surface area contributed by atoms with Crippen molar-refractivity contribution in [2.24, 2.45) is 0 Å². The van der Waals surface area contributed by atoms with Gasteiger partial charge in [0, 0.05) is 0 Å². The van der Waals surface area contributed by atoms with E-state index in [2.05, 4.69) is 25.8 Å². The molecule has 0 fully saturated rings. The Morgan fingerprint density at radius 1 is 1.20 bits per heavy atom. The van der Waals surface area contributed by atoms with Crippen LogP contribution in [0.3, 0.4) is 0 Å². The zero-order valence-electron chi connectivity index (χ0n) is 7.02. The third-order valence-corrected chi connectivity index (χ3v) is 5.03. The molecule has 0 saturated carbocycles. The summed E-state index contributed by atoms with van der Waals surface area (Å²) in [6.07, 6.45) is 1.98. The van der Waals surface area contributed by atoms with Crippen LogP contribution in [0.5, 0.6) is 0 Å². The molecule has 54 valence electrons. The van der Waals surface area contributed by atoms with Gasteiger partial charge in [0.05, 0.1) is 0 Å². The summed E-state index contributed by atoms with van der Waals surface area (Å²) in [7, 11) is 0. The number of rotatable bonds is 0. The van der Waals surface area contributed by atoms with Crippen LogP contribution >= 0.6 is 0 Å². The van der Waals surface area contributed by atoms with Gasteiger partial charge in [-0.1, -0.05) is 0 Å². The summed E-state index contributed by atoms with van der Waals surface area (Å²) in [6.45, 7) is 6.46. The number of aromatic nitrogens is 1. The minimum atomic E-state index is 0.559. The van der Waals surface area contributed by atoms with E-state index in [-0.39, 0.29) is 0 Å². The Bertz CT molecular complexity index is 229. The number of nitrogens with zero attached hydrogens (tertiary/aromatic N) is 1. The second-order valence-electron chi connectivity index (χ2n) is 2.78. The molecule has 0 radical (unpaired) electrons. The topological polar surface area (TPSA) is 12.9 Å². The summed E-state index contributed by atoms with van der Waals surface area (Å²) >= 11 is 0.559. The summed E-state index contributed by atoms with van der Waals surface area (Å²) in [4.78, 5) is 4.33. The first-order valence-electron chi connectivity index (χ1n) is 3.52. The van der Waals surface area contributed by atoms with Gasteiger partial charge in [0.15, 0.2) is 0 Å². The van der Waals surface area contributed by atoms with Crippen LogP contribution in [0, 0.1) is 20.8 Å². The van der Waals surface area contributed by atoms with Crippen LogP contribution in [0.15, 0.2) is 6.20 Å². The van der Waals surface area contributed by atoms with Crippen molar-refractivity contribution in [3.8, 4) is 0 Å². The SMILES string of the molecule is Cc1cn[c]([SnH3])c(C)c1C. The third-order valence-electron chi connectivity index (χ3n) is 2.15. The average Bonchev–Trinajstić information content (AvgIpc) is 1.93. The fraction of sp³-hybridized carbons (Fsp3) is 0.375. The molecule has 0 amide bonds. The molecule has 0 bridgehead atoms. The monoisotopic (exact) mass is 243 g/mol. The summed E-state index contributed by atoms with van der Waals surface area (Å²) in [5, 5.41) is 0. The van der Waals surface area contributed by atoms with Crippen LogP contribution in [0.25, 0.3) is 0 Å². The van der Waals surface area contributed by atoms with Gasteiger partial charge < -0.3 is 0 Å². The van der Waals surface area contributed by atoms with E-state index in [1.165, 1.54) is 20.4 Å². The summed E-state index contributed by atoms with van der Waals surface area (Å²) < 4.78 is 1.35. The van der Waals surface area contributed by atoms with E-state index in [9.17, 15) is 0 Å². The first-order chi connectivity index (χ1) is 4.63. The van der Waals surface area contributed by atoms with Crippen LogP contribution in [0.2, 0.25) is 0 Å². The molecule has 1 aromatic heterocycles. The van der Waals surface area contributed by atoms with Crippen molar-refractivity contribution >= 4 is 26.2 Å². The summed E-state index contributed by atoms with van der Waals surface area (Å²) in [6, 6.07) is 0. The normalized spacial score (nSPS) is 10.3. The molecule has 1 nitrogen and oxygen atoms in total. The summed E-state index contributed by atoms with van der Waals surface area (Å²) in [5.41, 5.74) is 4.15. The molecule has 0 aliphatic rings. The molecular weight excluding hydrogens is 229 g/mol. The van der Waals surface area contributed by atoms with Crippen LogP contribution < -0.4 is 3.71 Å². The third kappa shape index (κ3) is 1.34. The Hall–Kier alpha value is -0.0513. The molecule has 0 aliphatic carbocycles. The Morgan fingerprint density at radius 3 is 2.30 bits per heavy atom. The molecule has 10 heavy (non-hydrogen) atoms. The fourth-order valence-electron chi connectivity index (χ4n) is 0.954. The predicted octanol–water partition coefficient (Wildman–Crippen LogP) is -0.00244. The molecule has 0 aliphatic heterocycles. The first-order valence-corrected chi connectivity index (χ1v) is 6.37. The number of pyridine rings is 1. The molecule has 0 saturated heterocycles. The van der Waals surface area contributed by atoms with Crippen LogP contribution in [-0.2, 0) is 0 Å². The second kappa shape index (κ2) is 2.91. The molecule has 0 atom stereocenters. The van der Waals surface area contributed by atoms with Crippen molar-refractivity contribution in [1.82, 2.24) is 4.98 Å². The zero-order chi connectivity index (χ0) is 7.72. The summed E-state index contributed by atoms with van der Waals surface area (Å²) in [5.74, 6) is 0. The average molecular weight is 242 g/mol. The van der Waals surface area contributed by atoms with Crippen molar-refractivity contribution in [2.45, 2.75) is 20.8 Å². The fourth-order valence-corrected chi connectivity index (χ4v) is 2.39. The number of hydrogen-bond acceptors (Lipinski definition) is 1. The van der Waals surface area contributed by atoms with Crippen molar-refractivity contribution in [2.75, 3.05) is 0 Å². The zero-order valence-corrected chi connectivity index (χ0v) is 12.7. The Balaban J connectivity index is 3.34. The second-order valence-corrected chi connectivity index (χ2v) is 5.48. The molecular formula is C8H13NSn. The van der Waals surface area contributed by atoms with Gasteiger partial charge in [-0.3, -0.25) is 0 Å². The predicted molar refractivity (Wildman–Crippen MR) is 48.0 cm³/mol. The van der Waals surface area contributed by atoms with Gasteiger partial charge in [-0.2, -0.15) is 0 Å². The molecule has 1 aromatic rings. The first kappa shape index (κ1) is 8.05. The molecule has 0 aromatic carbocycles. The van der Waals surface area contributed by atoms with E-state index in [1.54, 1.807) is 0 Å². The maximum absolute atomic E-state index is 4.33. The van der Waals surface area contributed by atoms with Gasteiger partial charge in [-0.05, 0) is 0 Å². The maximum atomic E-state index is 4.33. The van der Waals surface area contributed by atoms with Crippen molar-refractivity contribution < 1.29 is 0 Å².